The summed E-state index contributed by atoms with van der Waals surface area (Å²) in [7, 11) is 0. The molecular formula is C18H22FNO. The fourth-order valence-corrected chi connectivity index (χ4v) is 2.41. The first-order valence-corrected chi connectivity index (χ1v) is 7.17. The van der Waals surface area contributed by atoms with E-state index in [9.17, 15) is 9.50 Å². The van der Waals surface area contributed by atoms with Gasteiger partial charge >= 0.3 is 0 Å². The fourth-order valence-electron chi connectivity index (χ4n) is 2.41. The molecule has 0 aliphatic rings. The van der Waals surface area contributed by atoms with Crippen LogP contribution in [0.15, 0.2) is 30.3 Å². The summed E-state index contributed by atoms with van der Waals surface area (Å²) in [5.74, 6) is 0.185. The number of phenolic OH excluding ortho intramolecular Hbond substituents is 1. The second kappa shape index (κ2) is 6.27. The zero-order chi connectivity index (χ0) is 15.6. The molecule has 2 rings (SSSR count). The molecule has 2 aromatic rings. The van der Waals surface area contributed by atoms with Gasteiger partial charge in [-0.15, -0.1) is 0 Å². The predicted molar refractivity (Wildman–Crippen MR) is 84.0 cm³/mol. The number of nitrogens with one attached hydrogen (secondary N) is 1. The monoisotopic (exact) mass is 287 g/mol. The van der Waals surface area contributed by atoms with E-state index in [1.165, 1.54) is 0 Å². The van der Waals surface area contributed by atoms with Crippen LogP contribution in [0.5, 0.6) is 5.75 Å². The molecule has 2 aromatic carbocycles. The van der Waals surface area contributed by atoms with Gasteiger partial charge in [0.2, 0.25) is 0 Å². The molecule has 0 bridgehead atoms. The number of rotatable bonds is 4. The molecule has 0 saturated carbocycles. The van der Waals surface area contributed by atoms with Crippen molar-refractivity contribution >= 4 is 0 Å². The Morgan fingerprint density at radius 3 is 2.24 bits per heavy atom. The maximum Gasteiger partial charge on any atom is 0.126 e. The smallest absolute Gasteiger partial charge is 0.126 e. The highest BCUT2D eigenvalue weighted by molar-refractivity contribution is 5.42. The van der Waals surface area contributed by atoms with Gasteiger partial charge in [-0.3, -0.25) is 0 Å². The van der Waals surface area contributed by atoms with Crippen LogP contribution in [0, 0.1) is 26.6 Å². The fraction of sp³-hybridized carbons (Fsp3) is 0.333. The third-order valence-electron chi connectivity index (χ3n) is 3.86. The maximum atomic E-state index is 13.6. The lowest BCUT2D eigenvalue weighted by atomic mass is 10.0. The van der Waals surface area contributed by atoms with Crippen molar-refractivity contribution in [1.29, 1.82) is 0 Å². The second-order valence-corrected chi connectivity index (χ2v) is 5.69. The van der Waals surface area contributed by atoms with Gasteiger partial charge in [-0.05, 0) is 61.6 Å². The van der Waals surface area contributed by atoms with Crippen LogP contribution in [-0.4, -0.2) is 5.11 Å². The lowest BCUT2D eigenvalue weighted by molar-refractivity contribution is 0.466. The van der Waals surface area contributed by atoms with Crippen molar-refractivity contribution in [3.63, 3.8) is 0 Å². The molecule has 0 radical (unpaired) electrons. The number of halogens is 1. The highest BCUT2D eigenvalue weighted by atomic mass is 19.1. The number of aromatic hydroxyl groups is 1. The zero-order valence-corrected chi connectivity index (χ0v) is 13.0. The van der Waals surface area contributed by atoms with Gasteiger partial charge in [-0.2, -0.15) is 0 Å². The van der Waals surface area contributed by atoms with E-state index in [2.05, 4.69) is 5.32 Å². The number of benzene rings is 2. The summed E-state index contributed by atoms with van der Waals surface area (Å²) in [6.07, 6.45) is 0. The third kappa shape index (κ3) is 3.61. The molecule has 0 aliphatic heterocycles. The minimum Gasteiger partial charge on any atom is -0.507 e. The molecule has 0 fully saturated rings. The van der Waals surface area contributed by atoms with Crippen molar-refractivity contribution in [2.75, 3.05) is 0 Å². The summed E-state index contributed by atoms with van der Waals surface area (Å²) in [5.41, 5.74) is 4.46. The Hall–Kier alpha value is -1.87. The quantitative estimate of drug-likeness (QED) is 0.878. The van der Waals surface area contributed by atoms with Crippen molar-refractivity contribution in [2.24, 2.45) is 0 Å². The molecule has 0 aliphatic carbocycles. The van der Waals surface area contributed by atoms with E-state index in [4.69, 9.17) is 0 Å². The van der Waals surface area contributed by atoms with E-state index in [0.717, 1.165) is 22.3 Å². The Morgan fingerprint density at radius 2 is 1.67 bits per heavy atom. The van der Waals surface area contributed by atoms with E-state index >= 15 is 0 Å². The first kappa shape index (κ1) is 15.5. The largest absolute Gasteiger partial charge is 0.507 e. The first-order chi connectivity index (χ1) is 9.88. The molecule has 0 aromatic heterocycles. The molecule has 112 valence electrons. The first-order valence-electron chi connectivity index (χ1n) is 7.17. The maximum absolute atomic E-state index is 13.6. The van der Waals surface area contributed by atoms with Crippen molar-refractivity contribution in [3.8, 4) is 5.75 Å². The van der Waals surface area contributed by atoms with Gasteiger partial charge in [-0.25, -0.2) is 4.39 Å². The number of aryl methyl sites for hydroxylation is 3. The normalized spacial score (nSPS) is 12.4. The van der Waals surface area contributed by atoms with Crippen LogP contribution in [0.25, 0.3) is 0 Å². The molecule has 0 spiro atoms. The topological polar surface area (TPSA) is 32.3 Å². The molecule has 0 amide bonds. The molecule has 21 heavy (non-hydrogen) atoms. The summed E-state index contributed by atoms with van der Waals surface area (Å²) in [5, 5.41) is 13.2. The summed E-state index contributed by atoms with van der Waals surface area (Å²) in [6, 6.07) is 9.34. The predicted octanol–water partition coefficient (Wildman–Crippen LogP) is 4.31. The number of phenols is 1. The van der Waals surface area contributed by atoms with Crippen molar-refractivity contribution in [1.82, 2.24) is 5.32 Å². The van der Waals surface area contributed by atoms with Crippen LogP contribution in [0.2, 0.25) is 0 Å². The van der Waals surface area contributed by atoms with Crippen LogP contribution in [0.1, 0.15) is 40.8 Å². The summed E-state index contributed by atoms with van der Waals surface area (Å²) in [4.78, 5) is 0. The van der Waals surface area contributed by atoms with E-state index in [0.29, 0.717) is 17.9 Å². The molecule has 1 atom stereocenters. The standard InChI is InChI=1S/C18H22FNO/c1-11-5-6-16(9-17(11)19)14(4)20-10-15-7-12(2)18(21)13(3)8-15/h5-9,14,20-21H,10H2,1-4H3. The van der Waals surface area contributed by atoms with Crippen LogP contribution in [0.3, 0.4) is 0 Å². The Kier molecular flexibility index (Phi) is 4.63. The third-order valence-corrected chi connectivity index (χ3v) is 3.86. The van der Waals surface area contributed by atoms with Gasteiger partial charge in [0.25, 0.3) is 0 Å². The average molecular weight is 287 g/mol. The van der Waals surface area contributed by atoms with Crippen molar-refractivity contribution in [3.05, 3.63) is 64.0 Å². The molecule has 0 heterocycles. The molecular weight excluding hydrogens is 265 g/mol. The van der Waals surface area contributed by atoms with Gasteiger partial charge < -0.3 is 10.4 Å². The van der Waals surface area contributed by atoms with Gasteiger partial charge in [-0.1, -0.05) is 24.3 Å². The zero-order valence-electron chi connectivity index (χ0n) is 13.0. The average Bonchev–Trinajstić information content (AvgIpc) is 2.44. The Balaban J connectivity index is 2.07. The van der Waals surface area contributed by atoms with Crippen LogP contribution >= 0.6 is 0 Å². The Morgan fingerprint density at radius 1 is 1.05 bits per heavy atom. The lowest BCUT2D eigenvalue weighted by Crippen LogP contribution is -2.18. The lowest BCUT2D eigenvalue weighted by Gasteiger charge is -2.16. The molecule has 1 unspecified atom stereocenters. The minimum atomic E-state index is -0.169. The summed E-state index contributed by atoms with van der Waals surface area (Å²) >= 11 is 0. The highest BCUT2D eigenvalue weighted by Crippen LogP contribution is 2.23. The van der Waals surface area contributed by atoms with Crippen LogP contribution < -0.4 is 5.32 Å². The van der Waals surface area contributed by atoms with Crippen molar-refractivity contribution in [2.45, 2.75) is 40.3 Å². The molecule has 2 N–H and O–H groups in total. The Bertz CT molecular complexity index is 629. The summed E-state index contributed by atoms with van der Waals surface area (Å²) < 4.78 is 13.6. The molecule has 3 heteroatoms. The summed E-state index contributed by atoms with van der Waals surface area (Å²) in [6.45, 7) is 8.25. The van der Waals surface area contributed by atoms with Gasteiger partial charge in [0.15, 0.2) is 0 Å². The second-order valence-electron chi connectivity index (χ2n) is 5.69. The van der Waals surface area contributed by atoms with E-state index in [-0.39, 0.29) is 11.9 Å². The minimum absolute atomic E-state index is 0.0644. The molecule has 0 saturated heterocycles. The molecule has 2 nitrogen and oxygen atoms in total. The highest BCUT2D eigenvalue weighted by Gasteiger charge is 2.09. The van der Waals surface area contributed by atoms with Gasteiger partial charge in [0.05, 0.1) is 0 Å². The van der Waals surface area contributed by atoms with Crippen LogP contribution in [-0.2, 0) is 6.54 Å². The van der Waals surface area contributed by atoms with Crippen LogP contribution in [0.4, 0.5) is 4.39 Å². The SMILES string of the molecule is Cc1ccc(C(C)NCc2cc(C)c(O)c(C)c2)cc1F. The van der Waals surface area contributed by atoms with Crippen molar-refractivity contribution < 1.29 is 9.50 Å². The van der Waals surface area contributed by atoms with Gasteiger partial charge in [0.1, 0.15) is 11.6 Å². The van der Waals surface area contributed by atoms with E-state index in [1.54, 1.807) is 19.1 Å². The van der Waals surface area contributed by atoms with Gasteiger partial charge in [0, 0.05) is 12.6 Å². The van der Waals surface area contributed by atoms with E-state index in [1.807, 2.05) is 39.0 Å². The number of hydrogen-bond donors (Lipinski definition) is 2. The Labute approximate surface area is 125 Å². The van der Waals surface area contributed by atoms with E-state index < -0.39 is 0 Å². The number of hydrogen-bond acceptors (Lipinski definition) is 2.